The number of carbonyl (C=O) groups excluding carboxylic acids is 1. The SMILES string of the molecule is Cc1ccc(OCCNC(=O)CN(c2ccc3c(c2)OCCO3)S(C)(=O)=O)cc1Cl. The summed E-state index contributed by atoms with van der Waals surface area (Å²) in [6, 6.07) is 10.1. The first kappa shape index (κ1) is 22.0. The summed E-state index contributed by atoms with van der Waals surface area (Å²) in [7, 11) is -3.69. The minimum absolute atomic E-state index is 0.211. The molecule has 1 N–H and O–H groups in total. The van der Waals surface area contributed by atoms with Crippen molar-refractivity contribution in [1.29, 1.82) is 0 Å². The number of carbonyl (C=O) groups is 1. The molecule has 1 amide bonds. The number of fused-ring (bicyclic) bond motifs is 1. The van der Waals surface area contributed by atoms with Crippen LogP contribution in [0.3, 0.4) is 0 Å². The van der Waals surface area contributed by atoms with Crippen molar-refractivity contribution < 1.29 is 27.4 Å². The van der Waals surface area contributed by atoms with Crippen molar-refractivity contribution in [2.45, 2.75) is 6.92 Å². The second-order valence-corrected chi connectivity index (χ2v) is 9.02. The van der Waals surface area contributed by atoms with E-state index >= 15 is 0 Å². The topological polar surface area (TPSA) is 94.2 Å². The minimum atomic E-state index is -3.69. The molecule has 30 heavy (non-hydrogen) atoms. The first-order chi connectivity index (χ1) is 14.2. The zero-order chi connectivity index (χ0) is 21.7. The molecule has 0 saturated carbocycles. The summed E-state index contributed by atoms with van der Waals surface area (Å²) in [5, 5.41) is 3.25. The lowest BCUT2D eigenvalue weighted by Gasteiger charge is -2.24. The molecular formula is C20H23ClN2O6S. The van der Waals surface area contributed by atoms with Gasteiger partial charge in [0, 0.05) is 11.1 Å². The van der Waals surface area contributed by atoms with Crippen molar-refractivity contribution in [3.63, 3.8) is 0 Å². The van der Waals surface area contributed by atoms with Gasteiger partial charge in [-0.25, -0.2) is 8.42 Å². The Labute approximate surface area is 180 Å². The summed E-state index contributed by atoms with van der Waals surface area (Å²) in [5.41, 5.74) is 1.26. The van der Waals surface area contributed by atoms with Gasteiger partial charge in [0.25, 0.3) is 0 Å². The van der Waals surface area contributed by atoms with Gasteiger partial charge >= 0.3 is 0 Å². The maximum atomic E-state index is 12.3. The van der Waals surface area contributed by atoms with E-state index in [-0.39, 0.29) is 19.7 Å². The standard InChI is InChI=1S/C20H23ClN2O6S/c1-14-3-5-16(12-17(14)21)27-8-7-22-20(24)13-23(30(2,25)26)15-4-6-18-19(11-15)29-10-9-28-18/h3-6,11-12H,7-10,13H2,1-2H3,(H,22,24). The number of ether oxygens (including phenoxy) is 3. The molecular weight excluding hydrogens is 432 g/mol. The van der Waals surface area contributed by atoms with Gasteiger partial charge in [-0.05, 0) is 36.8 Å². The quantitative estimate of drug-likeness (QED) is 0.615. The van der Waals surface area contributed by atoms with Gasteiger partial charge in [-0.15, -0.1) is 0 Å². The highest BCUT2D eigenvalue weighted by atomic mass is 35.5. The normalized spacial score (nSPS) is 12.9. The monoisotopic (exact) mass is 454 g/mol. The van der Waals surface area contributed by atoms with E-state index in [0.29, 0.717) is 41.2 Å². The van der Waals surface area contributed by atoms with Gasteiger partial charge < -0.3 is 19.5 Å². The van der Waals surface area contributed by atoms with Crippen molar-refractivity contribution in [3.8, 4) is 17.2 Å². The van der Waals surface area contributed by atoms with Crippen LogP contribution in [0.2, 0.25) is 5.02 Å². The van der Waals surface area contributed by atoms with Crippen LogP contribution in [-0.4, -0.2) is 53.5 Å². The van der Waals surface area contributed by atoms with Crippen molar-refractivity contribution >= 4 is 33.2 Å². The Morgan fingerprint density at radius 2 is 1.90 bits per heavy atom. The van der Waals surface area contributed by atoms with Gasteiger partial charge in [0.1, 0.15) is 32.1 Å². The van der Waals surface area contributed by atoms with Gasteiger partial charge in [-0.3, -0.25) is 9.10 Å². The predicted octanol–water partition coefficient (Wildman–Crippen LogP) is 2.38. The maximum absolute atomic E-state index is 12.3. The van der Waals surface area contributed by atoms with Gasteiger partial charge in [-0.1, -0.05) is 17.7 Å². The molecule has 0 bridgehead atoms. The summed E-state index contributed by atoms with van der Waals surface area (Å²) >= 11 is 6.05. The Balaban J connectivity index is 1.57. The van der Waals surface area contributed by atoms with Crippen LogP contribution in [0.5, 0.6) is 17.2 Å². The number of anilines is 1. The molecule has 8 nitrogen and oxygen atoms in total. The number of nitrogens with one attached hydrogen (secondary N) is 1. The van der Waals surface area contributed by atoms with Crippen LogP contribution >= 0.6 is 11.6 Å². The van der Waals surface area contributed by atoms with Gasteiger partial charge in [-0.2, -0.15) is 0 Å². The number of hydrogen-bond donors (Lipinski definition) is 1. The lowest BCUT2D eigenvalue weighted by Crippen LogP contribution is -2.41. The van der Waals surface area contributed by atoms with E-state index in [9.17, 15) is 13.2 Å². The number of amides is 1. The van der Waals surface area contributed by atoms with E-state index in [1.165, 1.54) is 0 Å². The van der Waals surface area contributed by atoms with E-state index in [2.05, 4.69) is 5.32 Å². The molecule has 10 heteroatoms. The highest BCUT2D eigenvalue weighted by Crippen LogP contribution is 2.34. The Morgan fingerprint density at radius 1 is 1.17 bits per heavy atom. The zero-order valence-corrected chi connectivity index (χ0v) is 18.3. The molecule has 1 heterocycles. The van der Waals surface area contributed by atoms with Crippen LogP contribution in [-0.2, 0) is 14.8 Å². The van der Waals surface area contributed by atoms with Crippen molar-refractivity contribution in [3.05, 3.63) is 47.0 Å². The van der Waals surface area contributed by atoms with E-state index in [0.717, 1.165) is 16.1 Å². The average Bonchev–Trinajstić information content (AvgIpc) is 2.71. The third kappa shape index (κ3) is 5.70. The summed E-state index contributed by atoms with van der Waals surface area (Å²) in [6.07, 6.45) is 1.04. The van der Waals surface area contributed by atoms with E-state index < -0.39 is 15.9 Å². The number of nitrogens with zero attached hydrogens (tertiary/aromatic N) is 1. The Morgan fingerprint density at radius 3 is 2.60 bits per heavy atom. The molecule has 2 aromatic rings. The molecule has 2 aromatic carbocycles. The molecule has 1 aliphatic heterocycles. The van der Waals surface area contributed by atoms with E-state index in [4.69, 9.17) is 25.8 Å². The molecule has 0 atom stereocenters. The lowest BCUT2D eigenvalue weighted by atomic mass is 10.2. The Bertz CT molecular complexity index is 1030. The largest absolute Gasteiger partial charge is 0.492 e. The van der Waals surface area contributed by atoms with E-state index in [1.807, 2.05) is 13.0 Å². The first-order valence-electron chi connectivity index (χ1n) is 9.27. The maximum Gasteiger partial charge on any atom is 0.240 e. The van der Waals surface area contributed by atoms with Crippen LogP contribution in [0.25, 0.3) is 0 Å². The zero-order valence-electron chi connectivity index (χ0n) is 16.7. The average molecular weight is 455 g/mol. The van der Waals surface area contributed by atoms with Crippen LogP contribution in [0.4, 0.5) is 5.69 Å². The van der Waals surface area contributed by atoms with Gasteiger partial charge in [0.2, 0.25) is 15.9 Å². The van der Waals surface area contributed by atoms with Crippen LogP contribution in [0.15, 0.2) is 36.4 Å². The number of hydrogen-bond acceptors (Lipinski definition) is 6. The van der Waals surface area contributed by atoms with E-state index in [1.54, 1.807) is 30.3 Å². The molecule has 0 aromatic heterocycles. The van der Waals surface area contributed by atoms with Crippen molar-refractivity contribution in [2.24, 2.45) is 0 Å². The third-order valence-electron chi connectivity index (χ3n) is 4.34. The number of rotatable bonds is 8. The molecule has 0 spiro atoms. The summed E-state index contributed by atoms with van der Waals surface area (Å²) in [6.45, 7) is 2.76. The highest BCUT2D eigenvalue weighted by molar-refractivity contribution is 7.92. The smallest absolute Gasteiger partial charge is 0.240 e. The Hall–Kier alpha value is -2.65. The highest BCUT2D eigenvalue weighted by Gasteiger charge is 2.23. The predicted molar refractivity (Wildman–Crippen MR) is 114 cm³/mol. The number of sulfonamides is 1. The Kier molecular flexibility index (Phi) is 6.94. The summed E-state index contributed by atoms with van der Waals surface area (Å²) in [4.78, 5) is 12.3. The van der Waals surface area contributed by atoms with Crippen molar-refractivity contribution in [2.75, 3.05) is 43.5 Å². The molecule has 0 fully saturated rings. The first-order valence-corrected chi connectivity index (χ1v) is 11.5. The number of benzene rings is 2. The number of halogens is 1. The van der Waals surface area contributed by atoms with Gasteiger partial charge in [0.15, 0.2) is 11.5 Å². The fourth-order valence-electron chi connectivity index (χ4n) is 2.80. The molecule has 162 valence electrons. The molecule has 1 aliphatic rings. The van der Waals surface area contributed by atoms with Crippen molar-refractivity contribution in [1.82, 2.24) is 5.32 Å². The lowest BCUT2D eigenvalue weighted by molar-refractivity contribution is -0.119. The van der Waals surface area contributed by atoms with Crippen LogP contribution in [0.1, 0.15) is 5.56 Å². The molecule has 0 unspecified atom stereocenters. The molecule has 0 saturated heterocycles. The summed E-state index contributed by atoms with van der Waals surface area (Å²) in [5.74, 6) is 1.11. The minimum Gasteiger partial charge on any atom is -0.492 e. The third-order valence-corrected chi connectivity index (χ3v) is 5.89. The molecule has 0 radical (unpaired) electrons. The number of aryl methyl sites for hydroxylation is 1. The molecule has 0 aliphatic carbocycles. The van der Waals surface area contributed by atoms with Gasteiger partial charge in [0.05, 0.1) is 18.5 Å². The second kappa shape index (κ2) is 9.44. The van der Waals surface area contributed by atoms with Crippen LogP contribution < -0.4 is 23.8 Å². The fraction of sp³-hybridized carbons (Fsp3) is 0.350. The second-order valence-electron chi connectivity index (χ2n) is 6.71. The fourth-order valence-corrected chi connectivity index (χ4v) is 3.82. The molecule has 3 rings (SSSR count). The van der Waals surface area contributed by atoms with Crippen LogP contribution in [0, 0.1) is 6.92 Å². The summed E-state index contributed by atoms with van der Waals surface area (Å²) < 4.78 is 42.0.